The molecule has 0 bridgehead atoms. The van der Waals surface area contributed by atoms with Gasteiger partial charge in [-0.1, -0.05) is 6.08 Å². The minimum absolute atomic E-state index is 0.223. The summed E-state index contributed by atoms with van der Waals surface area (Å²) in [4.78, 5) is 10.5. The van der Waals surface area contributed by atoms with E-state index < -0.39 is 5.97 Å². The van der Waals surface area contributed by atoms with Crippen molar-refractivity contribution in [2.45, 2.75) is 12.8 Å². The Balaban J connectivity index is 2.07. The van der Waals surface area contributed by atoms with Crippen LogP contribution in [0.3, 0.4) is 0 Å². The fourth-order valence-corrected chi connectivity index (χ4v) is 1.03. The van der Waals surface area contributed by atoms with Gasteiger partial charge in [0.2, 0.25) is 0 Å². The van der Waals surface area contributed by atoms with E-state index in [0.717, 1.165) is 0 Å². The van der Waals surface area contributed by atoms with Crippen molar-refractivity contribution in [2.75, 3.05) is 0 Å². The van der Waals surface area contributed by atoms with Gasteiger partial charge in [0.15, 0.2) is 0 Å². The molecule has 4 heteroatoms. The molecule has 1 aromatic heterocycles. The van der Waals surface area contributed by atoms with Crippen LogP contribution in [0.1, 0.15) is 23.2 Å². The Morgan fingerprint density at radius 3 is 3.00 bits per heavy atom. The number of rotatable bonds is 3. The van der Waals surface area contributed by atoms with E-state index >= 15 is 0 Å². The second-order valence-electron chi connectivity index (χ2n) is 3.19. The maximum atomic E-state index is 10.5. The Morgan fingerprint density at radius 2 is 2.46 bits per heavy atom. The Bertz CT molecular complexity index is 350. The van der Waals surface area contributed by atoms with E-state index in [-0.39, 0.29) is 5.56 Å². The number of nitrogens with zero attached hydrogens (tertiary/aromatic N) is 2. The Labute approximate surface area is 75.5 Å². The van der Waals surface area contributed by atoms with Crippen molar-refractivity contribution in [3.05, 3.63) is 24.0 Å². The summed E-state index contributed by atoms with van der Waals surface area (Å²) in [6.07, 6.45) is 9.19. The van der Waals surface area contributed by atoms with E-state index in [1.807, 2.05) is 6.20 Å². The topological polar surface area (TPSA) is 55.1 Å². The number of hydrogen-bond donors (Lipinski definition) is 1. The third kappa shape index (κ3) is 1.96. The molecule has 68 valence electrons. The molecule has 0 amide bonds. The number of aromatic carboxylic acids is 1. The average molecular weight is 178 g/mol. The summed E-state index contributed by atoms with van der Waals surface area (Å²) in [6, 6.07) is 0. The van der Waals surface area contributed by atoms with Crippen LogP contribution in [0.2, 0.25) is 0 Å². The summed E-state index contributed by atoms with van der Waals surface area (Å²) in [5.74, 6) is -0.261. The lowest BCUT2D eigenvalue weighted by Crippen LogP contribution is -1.92. The second-order valence-corrected chi connectivity index (χ2v) is 3.19. The Morgan fingerprint density at radius 1 is 1.69 bits per heavy atom. The molecule has 1 aliphatic carbocycles. The molecule has 0 aliphatic heterocycles. The van der Waals surface area contributed by atoms with E-state index in [1.54, 1.807) is 0 Å². The first kappa shape index (κ1) is 8.04. The fraction of sp³-hybridized carbons (Fsp3) is 0.333. The molecule has 4 nitrogen and oxygen atoms in total. The van der Waals surface area contributed by atoms with E-state index in [2.05, 4.69) is 11.2 Å². The molecule has 0 radical (unpaired) electrons. The SMILES string of the molecule is O=C(O)c1cnn(/C=C/C2CC2)c1. The van der Waals surface area contributed by atoms with Gasteiger partial charge >= 0.3 is 5.97 Å². The summed E-state index contributed by atoms with van der Waals surface area (Å²) in [6.45, 7) is 0. The van der Waals surface area contributed by atoms with Gasteiger partial charge in [0, 0.05) is 12.4 Å². The van der Waals surface area contributed by atoms with Gasteiger partial charge in [-0.25, -0.2) is 9.48 Å². The van der Waals surface area contributed by atoms with Crippen LogP contribution in [0, 0.1) is 5.92 Å². The van der Waals surface area contributed by atoms with E-state index in [4.69, 9.17) is 5.11 Å². The third-order valence-corrected chi connectivity index (χ3v) is 1.98. The number of aromatic nitrogens is 2. The van der Waals surface area contributed by atoms with Gasteiger partial charge in [-0.2, -0.15) is 5.10 Å². The molecule has 0 aromatic carbocycles. The number of carboxylic acid groups (broad SMARTS) is 1. The van der Waals surface area contributed by atoms with Crippen molar-refractivity contribution in [2.24, 2.45) is 5.92 Å². The maximum absolute atomic E-state index is 10.5. The van der Waals surface area contributed by atoms with Crippen LogP contribution in [-0.4, -0.2) is 20.9 Å². The smallest absolute Gasteiger partial charge is 0.338 e. The molecule has 0 saturated heterocycles. The molecule has 1 N–H and O–H groups in total. The van der Waals surface area contributed by atoms with Crippen molar-refractivity contribution in [3.63, 3.8) is 0 Å². The minimum Gasteiger partial charge on any atom is -0.478 e. The first-order valence-corrected chi connectivity index (χ1v) is 4.21. The standard InChI is InChI=1S/C9H10N2O2/c12-9(13)8-5-10-11(6-8)4-3-7-1-2-7/h3-7H,1-2H2,(H,12,13)/b4-3+. The van der Waals surface area contributed by atoms with Crippen molar-refractivity contribution < 1.29 is 9.90 Å². The van der Waals surface area contributed by atoms with Crippen molar-refractivity contribution in [1.29, 1.82) is 0 Å². The van der Waals surface area contributed by atoms with Crippen LogP contribution < -0.4 is 0 Å². The van der Waals surface area contributed by atoms with Crippen molar-refractivity contribution >= 4 is 12.2 Å². The van der Waals surface area contributed by atoms with Gasteiger partial charge in [-0.05, 0) is 18.8 Å². The highest BCUT2D eigenvalue weighted by Crippen LogP contribution is 2.30. The summed E-state index contributed by atoms with van der Waals surface area (Å²) < 4.78 is 1.53. The lowest BCUT2D eigenvalue weighted by molar-refractivity contribution is 0.0697. The van der Waals surface area contributed by atoms with Gasteiger partial charge in [0.05, 0.1) is 11.8 Å². The average Bonchev–Trinajstić information content (AvgIpc) is 2.79. The molecular weight excluding hydrogens is 168 g/mol. The first-order chi connectivity index (χ1) is 6.25. The van der Waals surface area contributed by atoms with Gasteiger partial charge in [-0.3, -0.25) is 0 Å². The van der Waals surface area contributed by atoms with Gasteiger partial charge in [0.25, 0.3) is 0 Å². The zero-order valence-corrected chi connectivity index (χ0v) is 7.05. The zero-order chi connectivity index (χ0) is 9.26. The minimum atomic E-state index is -0.939. The number of hydrogen-bond acceptors (Lipinski definition) is 2. The van der Waals surface area contributed by atoms with Crippen molar-refractivity contribution in [1.82, 2.24) is 9.78 Å². The van der Waals surface area contributed by atoms with Crippen LogP contribution >= 0.6 is 0 Å². The molecule has 13 heavy (non-hydrogen) atoms. The molecule has 2 rings (SSSR count). The van der Waals surface area contributed by atoms with Crippen LogP contribution in [0.4, 0.5) is 0 Å². The maximum Gasteiger partial charge on any atom is 0.338 e. The zero-order valence-electron chi connectivity index (χ0n) is 7.05. The third-order valence-electron chi connectivity index (χ3n) is 1.98. The van der Waals surface area contributed by atoms with Crippen LogP contribution in [-0.2, 0) is 0 Å². The highest BCUT2D eigenvalue weighted by atomic mass is 16.4. The largest absolute Gasteiger partial charge is 0.478 e. The molecule has 1 aromatic rings. The Kier molecular flexibility index (Phi) is 1.88. The number of allylic oxidation sites excluding steroid dienone is 1. The van der Waals surface area contributed by atoms with Gasteiger partial charge in [0.1, 0.15) is 0 Å². The molecule has 1 saturated carbocycles. The highest BCUT2D eigenvalue weighted by Gasteiger charge is 2.17. The van der Waals surface area contributed by atoms with Crippen LogP contribution in [0.25, 0.3) is 6.20 Å². The number of carboxylic acids is 1. The highest BCUT2D eigenvalue weighted by molar-refractivity contribution is 5.86. The summed E-state index contributed by atoms with van der Waals surface area (Å²) >= 11 is 0. The summed E-state index contributed by atoms with van der Waals surface area (Å²) in [5.41, 5.74) is 0.223. The lowest BCUT2D eigenvalue weighted by Gasteiger charge is -1.87. The lowest BCUT2D eigenvalue weighted by atomic mass is 10.4. The molecule has 0 spiro atoms. The predicted octanol–water partition coefficient (Wildman–Crippen LogP) is 1.46. The quantitative estimate of drug-likeness (QED) is 0.762. The predicted molar refractivity (Wildman–Crippen MR) is 47.2 cm³/mol. The van der Waals surface area contributed by atoms with Gasteiger partial charge in [-0.15, -0.1) is 0 Å². The van der Waals surface area contributed by atoms with Crippen LogP contribution in [0.15, 0.2) is 18.5 Å². The van der Waals surface area contributed by atoms with Gasteiger partial charge < -0.3 is 5.11 Å². The molecular formula is C9H10N2O2. The van der Waals surface area contributed by atoms with E-state index in [9.17, 15) is 4.79 Å². The van der Waals surface area contributed by atoms with Crippen LogP contribution in [0.5, 0.6) is 0 Å². The molecule has 1 fully saturated rings. The molecule has 0 unspecified atom stereocenters. The molecule has 1 aliphatic rings. The van der Waals surface area contributed by atoms with E-state index in [1.165, 1.54) is 29.9 Å². The summed E-state index contributed by atoms with van der Waals surface area (Å²) in [7, 11) is 0. The van der Waals surface area contributed by atoms with Crippen molar-refractivity contribution in [3.8, 4) is 0 Å². The molecule has 1 heterocycles. The normalized spacial score (nSPS) is 16.6. The Hall–Kier alpha value is -1.58. The van der Waals surface area contributed by atoms with E-state index in [0.29, 0.717) is 5.92 Å². The first-order valence-electron chi connectivity index (χ1n) is 4.21. The number of carbonyl (C=O) groups is 1. The summed E-state index contributed by atoms with van der Waals surface area (Å²) in [5, 5.41) is 12.5. The fourth-order valence-electron chi connectivity index (χ4n) is 1.03. The monoisotopic (exact) mass is 178 g/mol. The second kappa shape index (κ2) is 3.05. The molecule has 0 atom stereocenters.